The van der Waals surface area contributed by atoms with Crippen LogP contribution in [0.4, 0.5) is 11.4 Å². The van der Waals surface area contributed by atoms with E-state index in [9.17, 15) is 4.79 Å². The van der Waals surface area contributed by atoms with E-state index >= 15 is 0 Å². The molecule has 1 aromatic heterocycles. The number of nitrogens with one attached hydrogen (secondary N) is 1. The lowest BCUT2D eigenvalue weighted by Gasteiger charge is -2.30. The maximum atomic E-state index is 12.8. The number of halogens is 1. The van der Waals surface area contributed by atoms with Gasteiger partial charge in [0.25, 0.3) is 5.91 Å². The fourth-order valence-corrected chi connectivity index (χ4v) is 3.36. The highest BCUT2D eigenvalue weighted by molar-refractivity contribution is 6.30. The molecule has 1 amide bonds. The molecule has 0 bridgehead atoms. The molecule has 138 valence electrons. The minimum atomic E-state index is -0.241. The molecule has 0 spiro atoms. The Balaban J connectivity index is 1.73. The molecular weight excluding hydrogens is 362 g/mol. The molecule has 1 N–H and O–H groups in total. The van der Waals surface area contributed by atoms with Crippen LogP contribution in [0.5, 0.6) is 0 Å². The highest BCUT2D eigenvalue weighted by Crippen LogP contribution is 2.29. The molecule has 27 heavy (non-hydrogen) atoms. The average Bonchev–Trinajstić information content (AvgIpc) is 2.69. The SMILES string of the molecule is Cc1ccc2nc(C(=O)Nc3ccc(Cl)cc3)cc(N3CCOCC3)c2c1. The summed E-state index contributed by atoms with van der Waals surface area (Å²) in [5.41, 5.74) is 4.07. The zero-order chi connectivity index (χ0) is 18.8. The first-order valence-electron chi connectivity index (χ1n) is 8.91. The van der Waals surface area contributed by atoms with Gasteiger partial charge in [-0.2, -0.15) is 0 Å². The Morgan fingerprint density at radius 1 is 1.11 bits per heavy atom. The number of fused-ring (bicyclic) bond motifs is 1. The van der Waals surface area contributed by atoms with Crippen molar-refractivity contribution in [1.82, 2.24) is 4.98 Å². The molecule has 6 heteroatoms. The second-order valence-corrected chi connectivity index (χ2v) is 7.04. The maximum Gasteiger partial charge on any atom is 0.274 e. The number of aromatic nitrogens is 1. The number of anilines is 2. The first-order valence-corrected chi connectivity index (χ1v) is 9.29. The number of carbonyl (C=O) groups excluding carboxylic acids is 1. The van der Waals surface area contributed by atoms with Crippen molar-refractivity contribution in [3.05, 3.63) is 64.8 Å². The molecule has 1 saturated heterocycles. The van der Waals surface area contributed by atoms with Gasteiger partial charge in [0.05, 0.1) is 18.7 Å². The summed E-state index contributed by atoms with van der Waals surface area (Å²) >= 11 is 5.91. The Morgan fingerprint density at radius 3 is 2.59 bits per heavy atom. The van der Waals surface area contributed by atoms with Crippen molar-refractivity contribution in [2.75, 3.05) is 36.5 Å². The summed E-state index contributed by atoms with van der Waals surface area (Å²) in [4.78, 5) is 19.6. The topological polar surface area (TPSA) is 54.5 Å². The first-order chi connectivity index (χ1) is 13.1. The number of morpholine rings is 1. The number of carbonyl (C=O) groups is 1. The monoisotopic (exact) mass is 381 g/mol. The van der Waals surface area contributed by atoms with E-state index in [4.69, 9.17) is 16.3 Å². The van der Waals surface area contributed by atoms with Gasteiger partial charge in [-0.3, -0.25) is 4.79 Å². The van der Waals surface area contributed by atoms with Crippen LogP contribution >= 0.6 is 11.6 Å². The molecule has 2 heterocycles. The van der Waals surface area contributed by atoms with Gasteiger partial charge in [-0.25, -0.2) is 4.98 Å². The molecule has 0 unspecified atom stereocenters. The fourth-order valence-electron chi connectivity index (χ4n) is 3.23. The first kappa shape index (κ1) is 17.8. The van der Waals surface area contributed by atoms with Crippen molar-refractivity contribution in [3.8, 4) is 0 Å². The van der Waals surface area contributed by atoms with Crippen LogP contribution in [0.2, 0.25) is 5.02 Å². The van der Waals surface area contributed by atoms with Gasteiger partial charge in [-0.1, -0.05) is 23.2 Å². The van der Waals surface area contributed by atoms with Gasteiger partial charge in [0.2, 0.25) is 0 Å². The number of ether oxygens (including phenoxy) is 1. The summed E-state index contributed by atoms with van der Waals surface area (Å²) in [6.07, 6.45) is 0. The van der Waals surface area contributed by atoms with E-state index in [1.807, 2.05) is 18.2 Å². The number of pyridine rings is 1. The van der Waals surface area contributed by atoms with Crippen molar-refractivity contribution in [1.29, 1.82) is 0 Å². The molecule has 0 aliphatic carbocycles. The molecule has 0 saturated carbocycles. The highest BCUT2D eigenvalue weighted by atomic mass is 35.5. The van der Waals surface area contributed by atoms with Crippen LogP contribution in [0.25, 0.3) is 10.9 Å². The van der Waals surface area contributed by atoms with Gasteiger partial charge in [-0.05, 0) is 49.4 Å². The van der Waals surface area contributed by atoms with Crippen LogP contribution in [-0.4, -0.2) is 37.2 Å². The highest BCUT2D eigenvalue weighted by Gasteiger charge is 2.18. The Bertz CT molecular complexity index is 983. The van der Waals surface area contributed by atoms with E-state index in [1.54, 1.807) is 24.3 Å². The molecule has 0 radical (unpaired) electrons. The normalized spacial score (nSPS) is 14.4. The molecule has 1 aliphatic rings. The molecule has 5 nitrogen and oxygen atoms in total. The molecule has 3 aromatic rings. The molecule has 4 rings (SSSR count). The number of rotatable bonds is 3. The number of aryl methyl sites for hydroxylation is 1. The molecule has 1 fully saturated rings. The van der Waals surface area contributed by atoms with E-state index in [-0.39, 0.29) is 5.91 Å². The van der Waals surface area contributed by atoms with Gasteiger partial charge < -0.3 is 15.0 Å². The Labute approximate surface area is 162 Å². The molecule has 0 atom stereocenters. The Hall–Kier alpha value is -2.63. The van der Waals surface area contributed by atoms with Crippen molar-refractivity contribution in [3.63, 3.8) is 0 Å². The smallest absolute Gasteiger partial charge is 0.274 e. The predicted molar refractivity (Wildman–Crippen MR) is 109 cm³/mol. The van der Waals surface area contributed by atoms with E-state index in [1.165, 1.54) is 0 Å². The van der Waals surface area contributed by atoms with Gasteiger partial charge in [-0.15, -0.1) is 0 Å². The van der Waals surface area contributed by atoms with Gasteiger partial charge in [0.1, 0.15) is 5.69 Å². The molecule has 2 aromatic carbocycles. The van der Waals surface area contributed by atoms with Crippen LogP contribution in [0.15, 0.2) is 48.5 Å². The average molecular weight is 382 g/mol. The summed E-state index contributed by atoms with van der Waals surface area (Å²) in [6, 6.07) is 15.0. The van der Waals surface area contributed by atoms with Crippen LogP contribution in [0, 0.1) is 6.92 Å². The number of hydrogen-bond donors (Lipinski definition) is 1. The predicted octanol–water partition coefficient (Wildman–Crippen LogP) is 4.29. The molecular formula is C21H20ClN3O2. The summed E-state index contributed by atoms with van der Waals surface area (Å²) in [5, 5.41) is 4.57. The standard InChI is InChI=1S/C21H20ClN3O2/c1-14-2-7-18-17(12-14)20(25-8-10-27-11-9-25)13-19(24-18)21(26)23-16-5-3-15(22)4-6-16/h2-7,12-13H,8-11H2,1H3,(H,23,26). The second kappa shape index (κ2) is 7.55. The van der Waals surface area contributed by atoms with Crippen molar-refractivity contribution < 1.29 is 9.53 Å². The van der Waals surface area contributed by atoms with Crippen LogP contribution in [0.3, 0.4) is 0 Å². The van der Waals surface area contributed by atoms with E-state index in [2.05, 4.69) is 28.2 Å². The summed E-state index contributed by atoms with van der Waals surface area (Å²) in [7, 11) is 0. The van der Waals surface area contributed by atoms with Crippen LogP contribution in [0.1, 0.15) is 16.1 Å². The lowest BCUT2D eigenvalue weighted by Crippen LogP contribution is -2.36. The minimum Gasteiger partial charge on any atom is -0.378 e. The summed E-state index contributed by atoms with van der Waals surface area (Å²) in [5.74, 6) is -0.241. The number of amides is 1. The largest absolute Gasteiger partial charge is 0.378 e. The number of benzene rings is 2. The minimum absolute atomic E-state index is 0.241. The molecule has 1 aliphatic heterocycles. The van der Waals surface area contributed by atoms with Crippen LogP contribution < -0.4 is 10.2 Å². The maximum absolute atomic E-state index is 12.8. The number of nitrogens with zero attached hydrogens (tertiary/aromatic N) is 2. The zero-order valence-corrected chi connectivity index (χ0v) is 15.8. The number of hydrogen-bond acceptors (Lipinski definition) is 4. The van der Waals surface area contributed by atoms with E-state index in [0.29, 0.717) is 29.6 Å². The quantitative estimate of drug-likeness (QED) is 0.735. The van der Waals surface area contributed by atoms with Crippen molar-refractivity contribution >= 4 is 39.8 Å². The van der Waals surface area contributed by atoms with E-state index < -0.39 is 0 Å². The van der Waals surface area contributed by atoms with Gasteiger partial charge in [0.15, 0.2) is 0 Å². The van der Waals surface area contributed by atoms with Gasteiger partial charge >= 0.3 is 0 Å². The summed E-state index contributed by atoms with van der Waals surface area (Å²) < 4.78 is 5.48. The zero-order valence-electron chi connectivity index (χ0n) is 15.0. The van der Waals surface area contributed by atoms with Crippen molar-refractivity contribution in [2.24, 2.45) is 0 Å². The van der Waals surface area contributed by atoms with Gasteiger partial charge in [0, 0.05) is 34.9 Å². The third-order valence-corrected chi connectivity index (χ3v) is 4.88. The third kappa shape index (κ3) is 3.89. The lowest BCUT2D eigenvalue weighted by molar-refractivity contribution is 0.102. The lowest BCUT2D eigenvalue weighted by atomic mass is 10.1. The second-order valence-electron chi connectivity index (χ2n) is 6.61. The third-order valence-electron chi connectivity index (χ3n) is 4.63. The van der Waals surface area contributed by atoms with Crippen LogP contribution in [-0.2, 0) is 4.74 Å². The van der Waals surface area contributed by atoms with E-state index in [0.717, 1.165) is 35.2 Å². The fraction of sp³-hybridized carbons (Fsp3) is 0.238. The van der Waals surface area contributed by atoms with Crippen molar-refractivity contribution in [2.45, 2.75) is 6.92 Å². The summed E-state index contributed by atoms with van der Waals surface area (Å²) in [6.45, 7) is 5.02. The Morgan fingerprint density at radius 2 is 1.85 bits per heavy atom. The Kier molecular flexibility index (Phi) is 4.97.